The second-order valence-electron chi connectivity index (χ2n) is 16.1. The first-order valence-corrected chi connectivity index (χ1v) is 22.1. The van der Waals surface area contributed by atoms with E-state index in [1.54, 1.807) is 0 Å². The Bertz CT molecular complexity index is 2950. The summed E-state index contributed by atoms with van der Waals surface area (Å²) in [4.78, 5) is 0. The molecule has 0 spiro atoms. The molecule has 10 rings (SSSR count). The summed E-state index contributed by atoms with van der Waals surface area (Å²) in [5.41, 5.74) is 21.4. The fourth-order valence-electron chi connectivity index (χ4n) is 9.03. The van der Waals surface area contributed by atoms with Crippen molar-refractivity contribution in [1.29, 1.82) is 0 Å². The fourth-order valence-corrected chi connectivity index (χ4v) is 9.03. The third kappa shape index (κ3) is 8.63. The molecule has 0 saturated carbocycles. The van der Waals surface area contributed by atoms with Gasteiger partial charge in [-0.1, -0.05) is 231 Å². The molecule has 0 radical (unpaired) electrons. The van der Waals surface area contributed by atoms with Crippen LogP contribution in [-0.2, 0) is 12.8 Å². The van der Waals surface area contributed by atoms with Crippen molar-refractivity contribution in [3.8, 4) is 55.6 Å². The maximum atomic E-state index is 3.93. The van der Waals surface area contributed by atoms with Gasteiger partial charge in [0.2, 0.25) is 0 Å². The number of rotatable bonds is 13. The van der Waals surface area contributed by atoms with Gasteiger partial charge in [0.1, 0.15) is 0 Å². The zero-order valence-corrected chi connectivity index (χ0v) is 35.7. The molecule has 0 aliphatic carbocycles. The first-order chi connectivity index (χ1) is 31.8. The normalized spacial score (nSPS) is 10.9. The van der Waals surface area contributed by atoms with E-state index in [2.05, 4.69) is 265 Å². The summed E-state index contributed by atoms with van der Waals surface area (Å²) >= 11 is 0. The molecule has 306 valence electrons. The van der Waals surface area contributed by atoms with E-state index in [0.717, 1.165) is 41.2 Å². The second-order valence-corrected chi connectivity index (χ2v) is 16.1. The van der Waals surface area contributed by atoms with Gasteiger partial charge in [0.15, 0.2) is 0 Å². The van der Waals surface area contributed by atoms with Crippen LogP contribution in [0.2, 0.25) is 0 Å². The highest BCUT2D eigenvalue weighted by atomic mass is 14.9. The Labute approximate surface area is 377 Å². The highest BCUT2D eigenvalue weighted by Gasteiger charge is 2.17. The fraction of sp³-hybridized carbons (Fsp3) is 0.0323. The maximum Gasteiger partial charge on any atom is 0.0464 e. The van der Waals surface area contributed by atoms with Crippen molar-refractivity contribution in [2.24, 2.45) is 0 Å². The zero-order valence-electron chi connectivity index (χ0n) is 35.7. The van der Waals surface area contributed by atoms with Crippen molar-refractivity contribution in [1.82, 2.24) is 0 Å². The highest BCUT2D eigenvalue weighted by Crippen LogP contribution is 2.41. The first-order valence-electron chi connectivity index (χ1n) is 22.1. The van der Waals surface area contributed by atoms with Crippen LogP contribution in [0.1, 0.15) is 22.3 Å². The standard InChI is InChI=1S/C62H48N2/c1-3-23-45(24-4-1)51-31-11-7-27-47(51)43-48-28-8-12-32-52(48)57-37-17-21-41-61(57)64-62-42-22-18-38-58(62)54-34-14-10-30-50(54)44-49-29-9-13-33-53(49)56-36-16-20-40-60(56)63-59-39-19-15-35-55(59)46-25-5-2-6-26-46/h1-42,63-64H,43-44H2. The molecule has 0 aliphatic heterocycles. The van der Waals surface area contributed by atoms with Crippen LogP contribution in [0.4, 0.5) is 22.7 Å². The number of para-hydroxylation sites is 4. The Hall–Kier alpha value is -8.20. The van der Waals surface area contributed by atoms with Crippen LogP contribution in [0.25, 0.3) is 55.6 Å². The predicted molar refractivity (Wildman–Crippen MR) is 272 cm³/mol. The van der Waals surface area contributed by atoms with Gasteiger partial charge in [-0.3, -0.25) is 0 Å². The monoisotopic (exact) mass is 820 g/mol. The molecule has 10 aromatic rings. The molecule has 0 atom stereocenters. The van der Waals surface area contributed by atoms with Crippen molar-refractivity contribution in [3.05, 3.63) is 277 Å². The Kier molecular flexibility index (Phi) is 11.7. The molecule has 0 unspecified atom stereocenters. The summed E-state index contributed by atoms with van der Waals surface area (Å²) in [6.45, 7) is 0. The Balaban J connectivity index is 0.965. The summed E-state index contributed by atoms with van der Waals surface area (Å²) in [6.07, 6.45) is 1.59. The summed E-state index contributed by atoms with van der Waals surface area (Å²) in [7, 11) is 0. The van der Waals surface area contributed by atoms with Gasteiger partial charge in [-0.2, -0.15) is 0 Å². The van der Waals surface area contributed by atoms with E-state index < -0.39 is 0 Å². The van der Waals surface area contributed by atoms with Crippen LogP contribution in [-0.4, -0.2) is 0 Å². The van der Waals surface area contributed by atoms with E-state index in [1.807, 2.05) is 0 Å². The molecule has 0 amide bonds. The van der Waals surface area contributed by atoms with Gasteiger partial charge in [0, 0.05) is 45.0 Å². The summed E-state index contributed by atoms with van der Waals surface area (Å²) in [5.74, 6) is 0. The molecule has 64 heavy (non-hydrogen) atoms. The SMILES string of the molecule is c1ccc(-c2ccccc2Cc2ccccc2-c2ccccc2Nc2ccccc2-c2ccccc2Cc2ccccc2-c2ccccc2Nc2ccccc2-c2ccccc2)cc1. The lowest BCUT2D eigenvalue weighted by molar-refractivity contribution is 1.20. The molecule has 0 saturated heterocycles. The molecule has 0 aliphatic rings. The third-order valence-electron chi connectivity index (χ3n) is 12.1. The summed E-state index contributed by atoms with van der Waals surface area (Å²) < 4.78 is 0. The van der Waals surface area contributed by atoms with E-state index in [9.17, 15) is 0 Å². The van der Waals surface area contributed by atoms with Crippen molar-refractivity contribution in [3.63, 3.8) is 0 Å². The minimum absolute atomic E-state index is 0.768. The largest absolute Gasteiger partial charge is 0.355 e. The predicted octanol–water partition coefficient (Wildman–Crippen LogP) is 16.7. The number of hydrogen-bond donors (Lipinski definition) is 2. The smallest absolute Gasteiger partial charge is 0.0464 e. The van der Waals surface area contributed by atoms with Gasteiger partial charge in [-0.15, -0.1) is 0 Å². The van der Waals surface area contributed by atoms with Gasteiger partial charge >= 0.3 is 0 Å². The quantitative estimate of drug-likeness (QED) is 0.121. The minimum Gasteiger partial charge on any atom is -0.355 e. The topological polar surface area (TPSA) is 24.1 Å². The van der Waals surface area contributed by atoms with Crippen LogP contribution in [0.3, 0.4) is 0 Å². The van der Waals surface area contributed by atoms with Crippen LogP contribution < -0.4 is 10.6 Å². The van der Waals surface area contributed by atoms with Crippen molar-refractivity contribution < 1.29 is 0 Å². The van der Waals surface area contributed by atoms with E-state index in [4.69, 9.17) is 0 Å². The second kappa shape index (κ2) is 18.8. The van der Waals surface area contributed by atoms with Gasteiger partial charge in [-0.05, 0) is 92.7 Å². The Morgan fingerprint density at radius 1 is 0.188 bits per heavy atom. The minimum atomic E-state index is 0.768. The van der Waals surface area contributed by atoms with E-state index in [1.165, 1.54) is 72.3 Å². The molecule has 2 nitrogen and oxygen atoms in total. The molecule has 0 heterocycles. The third-order valence-corrected chi connectivity index (χ3v) is 12.1. The van der Waals surface area contributed by atoms with Crippen LogP contribution in [0.5, 0.6) is 0 Å². The molecule has 0 fully saturated rings. The lowest BCUT2D eigenvalue weighted by Crippen LogP contribution is -2.01. The number of benzene rings is 10. The molecule has 2 N–H and O–H groups in total. The highest BCUT2D eigenvalue weighted by molar-refractivity contribution is 5.90. The number of hydrogen-bond acceptors (Lipinski definition) is 2. The average Bonchev–Trinajstić information content (AvgIpc) is 3.36. The molecular weight excluding hydrogens is 773 g/mol. The summed E-state index contributed by atoms with van der Waals surface area (Å²) in [6, 6.07) is 91.2. The zero-order chi connectivity index (χ0) is 42.9. The van der Waals surface area contributed by atoms with Gasteiger partial charge in [-0.25, -0.2) is 0 Å². The van der Waals surface area contributed by atoms with Crippen LogP contribution in [0, 0.1) is 0 Å². The molecule has 0 aromatic heterocycles. The van der Waals surface area contributed by atoms with Gasteiger partial charge in [0.05, 0.1) is 0 Å². The van der Waals surface area contributed by atoms with E-state index in [0.29, 0.717) is 0 Å². The van der Waals surface area contributed by atoms with Crippen LogP contribution >= 0.6 is 0 Å². The average molecular weight is 821 g/mol. The molecule has 10 aromatic carbocycles. The molecule has 2 heteroatoms. The van der Waals surface area contributed by atoms with Gasteiger partial charge < -0.3 is 10.6 Å². The van der Waals surface area contributed by atoms with Crippen molar-refractivity contribution in [2.45, 2.75) is 12.8 Å². The lowest BCUT2D eigenvalue weighted by atomic mass is 9.89. The van der Waals surface area contributed by atoms with Crippen LogP contribution in [0.15, 0.2) is 255 Å². The lowest BCUT2D eigenvalue weighted by Gasteiger charge is -2.20. The Morgan fingerprint density at radius 2 is 0.422 bits per heavy atom. The number of nitrogens with one attached hydrogen (secondary N) is 2. The van der Waals surface area contributed by atoms with E-state index >= 15 is 0 Å². The Morgan fingerprint density at radius 3 is 0.797 bits per heavy atom. The van der Waals surface area contributed by atoms with Crippen molar-refractivity contribution in [2.75, 3.05) is 10.6 Å². The summed E-state index contributed by atoms with van der Waals surface area (Å²) in [5, 5.41) is 7.76. The first kappa shape index (κ1) is 39.9. The maximum absolute atomic E-state index is 3.93. The number of anilines is 4. The van der Waals surface area contributed by atoms with Gasteiger partial charge in [0.25, 0.3) is 0 Å². The van der Waals surface area contributed by atoms with Crippen molar-refractivity contribution >= 4 is 22.7 Å². The molecule has 0 bridgehead atoms. The molecular formula is C62H48N2. The van der Waals surface area contributed by atoms with E-state index in [-0.39, 0.29) is 0 Å².